The summed E-state index contributed by atoms with van der Waals surface area (Å²) in [6.07, 6.45) is 5.38. The Morgan fingerprint density at radius 1 is 1.21 bits per heavy atom. The van der Waals surface area contributed by atoms with Gasteiger partial charge in [0, 0.05) is 0 Å². The van der Waals surface area contributed by atoms with Crippen molar-refractivity contribution in [2.45, 2.75) is 39.5 Å². The van der Waals surface area contributed by atoms with Crippen molar-refractivity contribution in [1.29, 1.82) is 0 Å². The molecule has 0 aliphatic heterocycles. The molecule has 0 aliphatic rings. The third kappa shape index (κ3) is 29.4. The van der Waals surface area contributed by atoms with Crippen LogP contribution in [-0.2, 0) is 9.59 Å². The molecule has 78 valence electrons. The van der Waals surface area contributed by atoms with Gasteiger partial charge in [-0.1, -0.05) is 19.8 Å². The maximum Gasteiger partial charge on any atom is 1.00 e. The second kappa shape index (κ2) is 16.0. The Bertz CT molecular complexity index is 132. The van der Waals surface area contributed by atoms with Crippen molar-refractivity contribution in [2.75, 3.05) is 0 Å². The SMILES string of the molecule is C[CH-]CCCC.O=C(O)CC(=O)O.[K+]. The minimum atomic E-state index is -1.31. The van der Waals surface area contributed by atoms with Gasteiger partial charge in [0.05, 0.1) is 0 Å². The van der Waals surface area contributed by atoms with Gasteiger partial charge >= 0.3 is 63.3 Å². The van der Waals surface area contributed by atoms with Crippen LogP contribution < -0.4 is 51.4 Å². The van der Waals surface area contributed by atoms with Crippen molar-refractivity contribution in [3.05, 3.63) is 6.42 Å². The summed E-state index contributed by atoms with van der Waals surface area (Å²) in [5.74, 6) is -2.62. The molecule has 0 amide bonds. The number of carbonyl (C=O) groups is 2. The van der Waals surface area contributed by atoms with Crippen LogP contribution in [0.3, 0.4) is 0 Å². The van der Waals surface area contributed by atoms with Crippen LogP contribution in [0.15, 0.2) is 0 Å². The summed E-state index contributed by atoms with van der Waals surface area (Å²) in [5.41, 5.74) is 0. The summed E-state index contributed by atoms with van der Waals surface area (Å²) in [7, 11) is 0. The number of aliphatic carboxylic acids is 2. The molecule has 0 aromatic heterocycles. The zero-order valence-corrected chi connectivity index (χ0v) is 12.2. The predicted octanol–water partition coefficient (Wildman–Crippen LogP) is -1.05. The molecule has 0 rings (SSSR count). The van der Waals surface area contributed by atoms with E-state index in [4.69, 9.17) is 10.2 Å². The van der Waals surface area contributed by atoms with E-state index in [0.29, 0.717) is 0 Å². The van der Waals surface area contributed by atoms with Crippen molar-refractivity contribution in [3.63, 3.8) is 0 Å². The van der Waals surface area contributed by atoms with Crippen molar-refractivity contribution in [3.8, 4) is 0 Å². The fourth-order valence-corrected chi connectivity index (χ4v) is 0.538. The Morgan fingerprint density at radius 2 is 1.64 bits per heavy atom. The van der Waals surface area contributed by atoms with E-state index in [2.05, 4.69) is 20.3 Å². The van der Waals surface area contributed by atoms with Gasteiger partial charge in [-0.05, 0) is 0 Å². The van der Waals surface area contributed by atoms with Gasteiger partial charge in [-0.2, -0.15) is 13.3 Å². The molecule has 0 atom stereocenters. The number of hydrogen-bond donors (Lipinski definition) is 2. The molecule has 0 spiro atoms. The smallest absolute Gasteiger partial charge is 0.481 e. The molecular weight excluding hydrogens is 211 g/mol. The fraction of sp³-hybridized carbons (Fsp3) is 0.667. The van der Waals surface area contributed by atoms with Gasteiger partial charge in [0.15, 0.2) is 0 Å². The Balaban J connectivity index is -0.000000163. The average molecular weight is 228 g/mol. The van der Waals surface area contributed by atoms with E-state index in [1.807, 2.05) is 0 Å². The van der Waals surface area contributed by atoms with Gasteiger partial charge in [-0.15, -0.1) is 0 Å². The molecule has 2 N–H and O–H groups in total. The first-order chi connectivity index (χ1) is 6.04. The van der Waals surface area contributed by atoms with E-state index in [1.165, 1.54) is 19.3 Å². The first kappa shape index (κ1) is 20.0. The van der Waals surface area contributed by atoms with E-state index in [1.54, 1.807) is 0 Å². The van der Waals surface area contributed by atoms with Gasteiger partial charge < -0.3 is 16.6 Å². The topological polar surface area (TPSA) is 74.6 Å². The van der Waals surface area contributed by atoms with E-state index in [0.717, 1.165) is 0 Å². The predicted molar refractivity (Wildman–Crippen MR) is 49.4 cm³/mol. The fourth-order valence-electron chi connectivity index (χ4n) is 0.538. The number of hydrogen-bond acceptors (Lipinski definition) is 2. The average Bonchev–Trinajstić information content (AvgIpc) is 1.99. The molecule has 0 unspecified atom stereocenters. The van der Waals surface area contributed by atoms with Crippen molar-refractivity contribution in [2.24, 2.45) is 0 Å². The summed E-state index contributed by atoms with van der Waals surface area (Å²) >= 11 is 0. The summed E-state index contributed by atoms with van der Waals surface area (Å²) in [5, 5.41) is 15.4. The standard InChI is InChI=1S/C6H13.C3H4O4.K/c1-3-5-6-4-2;4-2(5)1-3(6)7;/h3H,4-6H2,1-2H3;1H2,(H,4,5)(H,6,7);/q-1;;+1. The van der Waals surface area contributed by atoms with Crippen LogP contribution in [0.1, 0.15) is 39.5 Å². The quantitative estimate of drug-likeness (QED) is 0.272. The van der Waals surface area contributed by atoms with Crippen LogP contribution in [-0.4, -0.2) is 22.2 Å². The first-order valence-electron chi connectivity index (χ1n) is 4.26. The van der Waals surface area contributed by atoms with Crippen LogP contribution in [0, 0.1) is 6.42 Å². The summed E-state index contributed by atoms with van der Waals surface area (Å²) in [6, 6.07) is 0. The third-order valence-electron chi connectivity index (χ3n) is 1.15. The zero-order chi connectivity index (χ0) is 10.7. The molecule has 0 aliphatic carbocycles. The number of unbranched alkanes of at least 4 members (excludes halogenated alkanes) is 3. The van der Waals surface area contributed by atoms with E-state index >= 15 is 0 Å². The monoisotopic (exact) mass is 228 g/mol. The molecule has 4 nitrogen and oxygen atoms in total. The number of carboxylic acid groups (broad SMARTS) is 2. The molecule has 14 heavy (non-hydrogen) atoms. The van der Waals surface area contributed by atoms with Gasteiger partial charge in [0.1, 0.15) is 6.42 Å². The minimum absolute atomic E-state index is 0. The Hall–Kier alpha value is 0.576. The Morgan fingerprint density at radius 3 is 1.71 bits per heavy atom. The second-order valence-electron chi connectivity index (χ2n) is 2.51. The van der Waals surface area contributed by atoms with Crippen molar-refractivity contribution < 1.29 is 71.2 Å². The number of rotatable bonds is 5. The van der Waals surface area contributed by atoms with Crippen LogP contribution in [0.5, 0.6) is 0 Å². The van der Waals surface area contributed by atoms with Crippen LogP contribution in [0.4, 0.5) is 0 Å². The van der Waals surface area contributed by atoms with Crippen molar-refractivity contribution >= 4 is 11.9 Å². The third-order valence-corrected chi connectivity index (χ3v) is 1.15. The molecule has 0 fully saturated rings. The molecule has 0 saturated carbocycles. The molecule has 0 aromatic carbocycles. The largest absolute Gasteiger partial charge is 1.00 e. The summed E-state index contributed by atoms with van der Waals surface area (Å²) in [4.78, 5) is 18.9. The Kier molecular flexibility index (Phi) is 22.9. The van der Waals surface area contributed by atoms with E-state index < -0.39 is 18.4 Å². The maximum atomic E-state index is 9.43. The van der Waals surface area contributed by atoms with Crippen molar-refractivity contribution in [1.82, 2.24) is 0 Å². The zero-order valence-electron chi connectivity index (χ0n) is 9.12. The Labute approximate surface area is 127 Å². The summed E-state index contributed by atoms with van der Waals surface area (Å²) in [6.45, 7) is 4.32. The molecule has 0 radical (unpaired) electrons. The van der Waals surface area contributed by atoms with Crippen LogP contribution in [0.25, 0.3) is 0 Å². The van der Waals surface area contributed by atoms with Gasteiger partial charge in [-0.3, -0.25) is 9.59 Å². The maximum absolute atomic E-state index is 9.43. The number of carboxylic acids is 2. The second-order valence-corrected chi connectivity index (χ2v) is 2.51. The first-order valence-corrected chi connectivity index (χ1v) is 4.26. The van der Waals surface area contributed by atoms with Gasteiger partial charge in [-0.25, -0.2) is 0 Å². The normalized spacial score (nSPS) is 7.86. The minimum Gasteiger partial charge on any atom is -0.481 e. The molecule has 5 heteroatoms. The molecule has 0 aromatic rings. The van der Waals surface area contributed by atoms with Gasteiger partial charge in [0.25, 0.3) is 0 Å². The van der Waals surface area contributed by atoms with Crippen LogP contribution >= 0.6 is 0 Å². The molecular formula is C9H17KO4. The molecule has 0 saturated heterocycles. The summed E-state index contributed by atoms with van der Waals surface area (Å²) < 4.78 is 0. The van der Waals surface area contributed by atoms with Gasteiger partial charge in [0.2, 0.25) is 0 Å². The van der Waals surface area contributed by atoms with E-state index in [-0.39, 0.29) is 51.4 Å². The molecule has 0 bridgehead atoms. The van der Waals surface area contributed by atoms with Crippen LogP contribution in [0.2, 0.25) is 0 Å². The molecule has 0 heterocycles. The van der Waals surface area contributed by atoms with E-state index in [9.17, 15) is 9.59 Å².